The van der Waals surface area contributed by atoms with Crippen molar-refractivity contribution in [2.24, 2.45) is 0 Å². The molecule has 0 aromatic heterocycles. The smallest absolute Gasteiger partial charge is 0.0411 e. The summed E-state index contributed by atoms with van der Waals surface area (Å²) in [4.78, 5) is 2.53. The lowest BCUT2D eigenvalue weighted by molar-refractivity contribution is 0.551. The normalized spacial score (nSPS) is 17.2. The van der Waals surface area contributed by atoms with Gasteiger partial charge in [0.05, 0.1) is 0 Å². The first-order valence-electron chi connectivity index (χ1n) is 7.69. The van der Waals surface area contributed by atoms with Crippen LogP contribution >= 0.6 is 0 Å². The molecule has 1 saturated carbocycles. The minimum atomic E-state index is 0.723. The van der Waals surface area contributed by atoms with Gasteiger partial charge in [-0.2, -0.15) is 0 Å². The highest BCUT2D eigenvalue weighted by molar-refractivity contribution is 5.55. The Kier molecular flexibility index (Phi) is 5.26. The van der Waals surface area contributed by atoms with Crippen molar-refractivity contribution in [1.29, 1.82) is 0 Å². The molecule has 0 amide bonds. The number of rotatable bonds is 4. The zero-order valence-corrected chi connectivity index (χ0v) is 12.7. The van der Waals surface area contributed by atoms with E-state index in [1.807, 2.05) is 7.05 Å². The van der Waals surface area contributed by atoms with Gasteiger partial charge < -0.3 is 10.2 Å². The molecule has 0 aliphatic heterocycles. The zero-order chi connectivity index (χ0) is 13.7. The summed E-state index contributed by atoms with van der Waals surface area (Å²) in [5.41, 5.74) is 4.18. The van der Waals surface area contributed by atoms with Gasteiger partial charge >= 0.3 is 0 Å². The van der Waals surface area contributed by atoms with Gasteiger partial charge in [0.2, 0.25) is 0 Å². The maximum atomic E-state index is 3.30. The van der Waals surface area contributed by atoms with E-state index in [0.717, 1.165) is 12.6 Å². The third kappa shape index (κ3) is 3.73. The van der Waals surface area contributed by atoms with Gasteiger partial charge in [-0.3, -0.25) is 0 Å². The van der Waals surface area contributed by atoms with Gasteiger partial charge in [0, 0.05) is 25.3 Å². The van der Waals surface area contributed by atoms with Gasteiger partial charge in [-0.25, -0.2) is 0 Å². The molecule has 0 saturated heterocycles. The molecule has 1 aliphatic carbocycles. The Bertz CT molecular complexity index is 392. The summed E-state index contributed by atoms with van der Waals surface area (Å²) in [5.74, 6) is 0. The van der Waals surface area contributed by atoms with Crippen molar-refractivity contribution in [2.75, 3.05) is 19.0 Å². The summed E-state index contributed by atoms with van der Waals surface area (Å²) in [6, 6.07) is 7.58. The number of anilines is 1. The van der Waals surface area contributed by atoms with Crippen LogP contribution in [0.4, 0.5) is 5.69 Å². The molecule has 0 unspecified atom stereocenters. The summed E-state index contributed by atoms with van der Waals surface area (Å²) in [7, 11) is 4.30. The monoisotopic (exact) mass is 260 g/mol. The first-order valence-corrected chi connectivity index (χ1v) is 7.69. The summed E-state index contributed by atoms with van der Waals surface area (Å²) in [5, 5.41) is 3.30. The van der Waals surface area contributed by atoms with Gasteiger partial charge in [-0.05, 0) is 38.4 Å². The standard InChI is InChI=1S/C17H28N2/c1-14-10-11-17(15(12-14)13-18-2)19(3)16-8-6-4-5-7-9-16/h10-12,16,18H,4-9,13H2,1-3H3. The lowest BCUT2D eigenvalue weighted by Crippen LogP contribution is -2.32. The van der Waals surface area contributed by atoms with Crippen molar-refractivity contribution in [1.82, 2.24) is 5.32 Å². The van der Waals surface area contributed by atoms with Crippen molar-refractivity contribution in [2.45, 2.75) is 58.0 Å². The van der Waals surface area contributed by atoms with Crippen molar-refractivity contribution in [3.8, 4) is 0 Å². The van der Waals surface area contributed by atoms with Crippen LogP contribution in [0.25, 0.3) is 0 Å². The largest absolute Gasteiger partial charge is 0.371 e. The minimum Gasteiger partial charge on any atom is -0.371 e. The van der Waals surface area contributed by atoms with E-state index in [4.69, 9.17) is 0 Å². The van der Waals surface area contributed by atoms with Crippen LogP contribution in [0.3, 0.4) is 0 Å². The summed E-state index contributed by atoms with van der Waals surface area (Å²) < 4.78 is 0. The highest BCUT2D eigenvalue weighted by Crippen LogP contribution is 2.28. The topological polar surface area (TPSA) is 15.3 Å². The van der Waals surface area contributed by atoms with Crippen molar-refractivity contribution in [3.63, 3.8) is 0 Å². The van der Waals surface area contributed by atoms with Crippen molar-refractivity contribution in [3.05, 3.63) is 29.3 Å². The second-order valence-corrected chi connectivity index (χ2v) is 5.92. The molecule has 1 aromatic rings. The molecule has 0 bridgehead atoms. The third-order valence-corrected chi connectivity index (χ3v) is 4.35. The molecule has 19 heavy (non-hydrogen) atoms. The van der Waals surface area contributed by atoms with Crippen LogP contribution in [0.5, 0.6) is 0 Å². The van der Waals surface area contributed by atoms with Gasteiger partial charge in [-0.15, -0.1) is 0 Å². The molecule has 1 aromatic carbocycles. The molecule has 2 heteroatoms. The average Bonchev–Trinajstić information content (AvgIpc) is 2.67. The molecule has 1 fully saturated rings. The quantitative estimate of drug-likeness (QED) is 0.827. The maximum absolute atomic E-state index is 3.30. The molecule has 2 rings (SSSR count). The molecule has 0 spiro atoms. The SMILES string of the molecule is CNCc1cc(C)ccc1N(C)C1CCCCCC1. The average molecular weight is 260 g/mol. The van der Waals surface area contributed by atoms with E-state index >= 15 is 0 Å². The second kappa shape index (κ2) is 6.95. The molecule has 2 nitrogen and oxygen atoms in total. The Balaban J connectivity index is 2.18. The zero-order valence-electron chi connectivity index (χ0n) is 12.7. The number of nitrogens with one attached hydrogen (secondary N) is 1. The van der Waals surface area contributed by atoms with Crippen LogP contribution in [0.1, 0.15) is 49.7 Å². The molecule has 0 heterocycles. The fourth-order valence-electron chi connectivity index (χ4n) is 3.23. The van der Waals surface area contributed by atoms with E-state index in [1.165, 1.54) is 55.3 Å². The van der Waals surface area contributed by atoms with Crippen LogP contribution in [0.2, 0.25) is 0 Å². The van der Waals surface area contributed by atoms with E-state index < -0.39 is 0 Å². The van der Waals surface area contributed by atoms with E-state index in [9.17, 15) is 0 Å². The van der Waals surface area contributed by atoms with E-state index in [2.05, 4.69) is 42.4 Å². The number of hydrogen-bond acceptors (Lipinski definition) is 2. The third-order valence-electron chi connectivity index (χ3n) is 4.35. The maximum Gasteiger partial charge on any atom is 0.0411 e. The van der Waals surface area contributed by atoms with Gasteiger partial charge in [-0.1, -0.05) is 43.4 Å². The summed E-state index contributed by atoms with van der Waals surface area (Å²) in [6.07, 6.45) is 8.32. The molecule has 0 radical (unpaired) electrons. The van der Waals surface area contributed by atoms with E-state index in [-0.39, 0.29) is 0 Å². The van der Waals surface area contributed by atoms with Crippen LogP contribution in [-0.4, -0.2) is 20.1 Å². The highest BCUT2D eigenvalue weighted by Gasteiger charge is 2.19. The van der Waals surface area contributed by atoms with Crippen LogP contribution in [0, 0.1) is 6.92 Å². The Morgan fingerprint density at radius 2 is 1.84 bits per heavy atom. The fourth-order valence-corrected chi connectivity index (χ4v) is 3.23. The first-order chi connectivity index (χ1) is 9.22. The fraction of sp³-hybridized carbons (Fsp3) is 0.647. The van der Waals surface area contributed by atoms with Gasteiger partial charge in [0.15, 0.2) is 0 Å². The predicted octanol–water partition coefficient (Wildman–Crippen LogP) is 3.87. The summed E-state index contributed by atoms with van der Waals surface area (Å²) in [6.45, 7) is 3.13. The first kappa shape index (κ1) is 14.4. The van der Waals surface area contributed by atoms with Crippen LogP contribution in [0.15, 0.2) is 18.2 Å². The Morgan fingerprint density at radius 1 is 1.16 bits per heavy atom. The number of benzene rings is 1. The molecular formula is C17H28N2. The van der Waals surface area contributed by atoms with Crippen molar-refractivity contribution >= 4 is 5.69 Å². The molecule has 1 aliphatic rings. The van der Waals surface area contributed by atoms with Crippen LogP contribution in [-0.2, 0) is 6.54 Å². The van der Waals surface area contributed by atoms with Crippen LogP contribution < -0.4 is 10.2 Å². The lowest BCUT2D eigenvalue weighted by atomic mass is 10.0. The van der Waals surface area contributed by atoms with E-state index in [0.29, 0.717) is 0 Å². The molecular weight excluding hydrogens is 232 g/mol. The Hall–Kier alpha value is -1.02. The molecule has 1 N–H and O–H groups in total. The Labute approximate surface area is 118 Å². The number of aryl methyl sites for hydroxylation is 1. The minimum absolute atomic E-state index is 0.723. The Morgan fingerprint density at radius 3 is 2.47 bits per heavy atom. The second-order valence-electron chi connectivity index (χ2n) is 5.92. The molecule has 106 valence electrons. The van der Waals surface area contributed by atoms with Gasteiger partial charge in [0.25, 0.3) is 0 Å². The number of hydrogen-bond donors (Lipinski definition) is 1. The predicted molar refractivity (Wildman–Crippen MR) is 83.8 cm³/mol. The summed E-state index contributed by atoms with van der Waals surface area (Å²) >= 11 is 0. The van der Waals surface area contributed by atoms with E-state index in [1.54, 1.807) is 0 Å². The number of nitrogens with zero attached hydrogens (tertiary/aromatic N) is 1. The molecule has 0 atom stereocenters. The lowest BCUT2D eigenvalue weighted by Gasteiger charge is -2.31. The van der Waals surface area contributed by atoms with Crippen molar-refractivity contribution < 1.29 is 0 Å². The van der Waals surface area contributed by atoms with Gasteiger partial charge in [0.1, 0.15) is 0 Å². The highest BCUT2D eigenvalue weighted by atomic mass is 15.1.